The van der Waals surface area contributed by atoms with Gasteiger partial charge in [-0.1, -0.05) is 6.92 Å². The zero-order valence-corrected chi connectivity index (χ0v) is 18.0. The van der Waals surface area contributed by atoms with Crippen LogP contribution in [0.1, 0.15) is 39.0 Å². The van der Waals surface area contributed by atoms with Gasteiger partial charge in [-0.3, -0.25) is 4.79 Å². The third-order valence-electron chi connectivity index (χ3n) is 5.97. The minimum Gasteiger partial charge on any atom is -0.356 e. The summed E-state index contributed by atoms with van der Waals surface area (Å²) in [5.41, 5.74) is 0. The summed E-state index contributed by atoms with van der Waals surface area (Å²) in [5, 5.41) is 3.02. The van der Waals surface area contributed by atoms with Crippen LogP contribution in [0.3, 0.4) is 0 Å². The van der Waals surface area contributed by atoms with Crippen LogP contribution in [0.4, 0.5) is 4.39 Å². The largest absolute Gasteiger partial charge is 0.356 e. The molecular formula is C21H32FN3O3S. The molecule has 1 aromatic rings. The molecule has 1 amide bonds. The molecule has 2 aliphatic rings. The van der Waals surface area contributed by atoms with E-state index < -0.39 is 15.8 Å². The highest BCUT2D eigenvalue weighted by Crippen LogP contribution is 2.24. The Morgan fingerprint density at radius 2 is 1.83 bits per heavy atom. The predicted molar refractivity (Wildman–Crippen MR) is 110 cm³/mol. The number of benzene rings is 1. The summed E-state index contributed by atoms with van der Waals surface area (Å²) in [6.45, 7) is 6.88. The summed E-state index contributed by atoms with van der Waals surface area (Å²) in [6, 6.07) is 4.87. The lowest BCUT2D eigenvalue weighted by Gasteiger charge is -2.31. The first-order chi connectivity index (χ1) is 13.9. The van der Waals surface area contributed by atoms with Gasteiger partial charge in [0.05, 0.1) is 4.90 Å². The molecule has 0 aliphatic carbocycles. The Kier molecular flexibility index (Phi) is 7.65. The van der Waals surface area contributed by atoms with Crippen LogP contribution < -0.4 is 5.32 Å². The van der Waals surface area contributed by atoms with Gasteiger partial charge < -0.3 is 10.2 Å². The lowest BCUT2D eigenvalue weighted by Crippen LogP contribution is -2.43. The van der Waals surface area contributed by atoms with Crippen molar-refractivity contribution in [1.29, 1.82) is 0 Å². The van der Waals surface area contributed by atoms with Crippen LogP contribution in [0, 0.1) is 17.7 Å². The normalized spacial score (nSPS) is 22.5. The van der Waals surface area contributed by atoms with Crippen LogP contribution in [0.25, 0.3) is 0 Å². The molecular weight excluding hydrogens is 393 g/mol. The molecule has 1 unspecified atom stereocenters. The smallest absolute Gasteiger partial charge is 0.243 e. The predicted octanol–water partition coefficient (Wildman–Crippen LogP) is 2.46. The summed E-state index contributed by atoms with van der Waals surface area (Å²) < 4.78 is 39.8. The van der Waals surface area contributed by atoms with Gasteiger partial charge in [-0.15, -0.1) is 0 Å². The lowest BCUT2D eigenvalue weighted by atomic mass is 9.97. The van der Waals surface area contributed by atoms with Gasteiger partial charge >= 0.3 is 0 Å². The summed E-state index contributed by atoms with van der Waals surface area (Å²) in [6.07, 6.45) is 4.53. The number of nitrogens with one attached hydrogen (secondary N) is 1. The van der Waals surface area contributed by atoms with Gasteiger partial charge in [0, 0.05) is 32.1 Å². The summed E-state index contributed by atoms with van der Waals surface area (Å²) in [4.78, 5) is 15.0. The number of nitrogens with zero attached hydrogens (tertiary/aromatic N) is 2. The van der Waals surface area contributed by atoms with Gasteiger partial charge in [0.15, 0.2) is 0 Å². The van der Waals surface area contributed by atoms with Crippen molar-refractivity contribution >= 4 is 15.9 Å². The fourth-order valence-electron chi connectivity index (χ4n) is 4.26. The number of hydrogen-bond donors (Lipinski definition) is 1. The van der Waals surface area contributed by atoms with Crippen molar-refractivity contribution in [2.75, 3.05) is 39.3 Å². The van der Waals surface area contributed by atoms with Crippen LogP contribution in [-0.2, 0) is 14.8 Å². The number of carbonyl (C=O) groups excluding carboxylic acids is 1. The maximum atomic E-state index is 13.1. The van der Waals surface area contributed by atoms with E-state index in [2.05, 4.69) is 17.1 Å². The molecule has 29 heavy (non-hydrogen) atoms. The SMILES string of the molecule is CC1CCCN(CCCNC(=O)C2CCN(S(=O)(=O)c3ccc(F)cc3)CC2)C1. The second-order valence-corrected chi connectivity index (χ2v) is 10.3. The fourth-order valence-corrected chi connectivity index (χ4v) is 5.73. The van der Waals surface area contributed by atoms with E-state index in [-0.39, 0.29) is 16.7 Å². The molecule has 0 saturated carbocycles. The van der Waals surface area contributed by atoms with Crippen molar-refractivity contribution < 1.29 is 17.6 Å². The number of halogens is 1. The van der Waals surface area contributed by atoms with E-state index in [1.54, 1.807) is 0 Å². The number of rotatable bonds is 7. The average Bonchev–Trinajstić information content (AvgIpc) is 2.71. The summed E-state index contributed by atoms with van der Waals surface area (Å²) >= 11 is 0. The maximum Gasteiger partial charge on any atom is 0.243 e. The number of amides is 1. The Bertz CT molecular complexity index is 777. The molecule has 1 atom stereocenters. The standard InChI is InChI=1S/C21H32FN3O3S/c1-17-4-2-12-24(16-17)13-3-11-23-21(26)18-9-14-25(15-10-18)29(27,28)20-7-5-19(22)6-8-20/h5-8,17-18H,2-4,9-16H2,1H3,(H,23,26). The number of sulfonamides is 1. The van der Waals surface area contributed by atoms with E-state index >= 15 is 0 Å². The Labute approximate surface area is 173 Å². The van der Waals surface area contributed by atoms with E-state index in [4.69, 9.17) is 0 Å². The molecule has 2 aliphatic heterocycles. The van der Waals surface area contributed by atoms with E-state index in [9.17, 15) is 17.6 Å². The van der Waals surface area contributed by atoms with Crippen molar-refractivity contribution in [2.45, 2.75) is 43.9 Å². The highest BCUT2D eigenvalue weighted by atomic mass is 32.2. The van der Waals surface area contributed by atoms with Crippen LogP contribution in [-0.4, -0.2) is 62.8 Å². The minimum absolute atomic E-state index is 0.0239. The van der Waals surface area contributed by atoms with E-state index in [0.29, 0.717) is 32.5 Å². The highest BCUT2D eigenvalue weighted by Gasteiger charge is 2.32. The molecule has 1 aromatic carbocycles. The molecule has 162 valence electrons. The van der Waals surface area contributed by atoms with Crippen molar-refractivity contribution in [3.63, 3.8) is 0 Å². The van der Waals surface area contributed by atoms with Gasteiger partial charge in [-0.2, -0.15) is 4.31 Å². The van der Waals surface area contributed by atoms with Crippen molar-refractivity contribution in [3.05, 3.63) is 30.1 Å². The minimum atomic E-state index is -3.64. The van der Waals surface area contributed by atoms with Crippen molar-refractivity contribution in [3.8, 4) is 0 Å². The molecule has 3 rings (SSSR count). The second kappa shape index (κ2) is 10.00. The molecule has 1 N–H and O–H groups in total. The van der Waals surface area contributed by atoms with Crippen molar-refractivity contribution in [1.82, 2.24) is 14.5 Å². The number of likely N-dealkylation sites (tertiary alicyclic amines) is 1. The zero-order valence-electron chi connectivity index (χ0n) is 17.1. The monoisotopic (exact) mass is 425 g/mol. The van der Waals surface area contributed by atoms with Crippen LogP contribution in [0.5, 0.6) is 0 Å². The quantitative estimate of drug-likeness (QED) is 0.682. The average molecular weight is 426 g/mol. The number of hydrogen-bond acceptors (Lipinski definition) is 4. The topological polar surface area (TPSA) is 69.7 Å². The van der Waals surface area contributed by atoms with Crippen molar-refractivity contribution in [2.24, 2.45) is 11.8 Å². The van der Waals surface area contributed by atoms with Gasteiger partial charge in [-0.25, -0.2) is 12.8 Å². The summed E-state index contributed by atoms with van der Waals surface area (Å²) in [7, 11) is -3.64. The van der Waals surface area contributed by atoms with Crippen LogP contribution >= 0.6 is 0 Å². The molecule has 6 nitrogen and oxygen atoms in total. The first-order valence-electron chi connectivity index (χ1n) is 10.6. The first kappa shape index (κ1) is 22.2. The molecule has 0 bridgehead atoms. The van der Waals surface area contributed by atoms with Gasteiger partial charge in [0.1, 0.15) is 5.82 Å². The van der Waals surface area contributed by atoms with Gasteiger partial charge in [0.25, 0.3) is 0 Å². The maximum absolute atomic E-state index is 13.1. The molecule has 0 aromatic heterocycles. The Balaban J connectivity index is 1.39. The Morgan fingerprint density at radius 1 is 1.14 bits per heavy atom. The van der Waals surface area contributed by atoms with Crippen LogP contribution in [0.2, 0.25) is 0 Å². The van der Waals surface area contributed by atoms with Gasteiger partial charge in [-0.05, 0) is 75.4 Å². The molecule has 8 heteroatoms. The highest BCUT2D eigenvalue weighted by molar-refractivity contribution is 7.89. The Morgan fingerprint density at radius 3 is 2.48 bits per heavy atom. The molecule has 0 spiro atoms. The van der Waals surface area contributed by atoms with Crippen LogP contribution in [0.15, 0.2) is 29.2 Å². The first-order valence-corrected chi connectivity index (χ1v) is 12.1. The number of piperidine rings is 2. The fraction of sp³-hybridized carbons (Fsp3) is 0.667. The molecule has 2 heterocycles. The summed E-state index contributed by atoms with van der Waals surface area (Å²) in [5.74, 6) is 0.171. The third-order valence-corrected chi connectivity index (χ3v) is 7.88. The van der Waals surface area contributed by atoms with Gasteiger partial charge in [0.2, 0.25) is 15.9 Å². The lowest BCUT2D eigenvalue weighted by molar-refractivity contribution is -0.126. The number of carbonyl (C=O) groups is 1. The Hall–Kier alpha value is -1.51. The van der Waals surface area contributed by atoms with E-state index in [0.717, 1.165) is 44.1 Å². The molecule has 2 fully saturated rings. The molecule has 2 saturated heterocycles. The van der Waals surface area contributed by atoms with E-state index in [1.165, 1.54) is 29.3 Å². The zero-order chi connectivity index (χ0) is 20.9. The van der Waals surface area contributed by atoms with E-state index in [1.807, 2.05) is 0 Å². The second-order valence-electron chi connectivity index (χ2n) is 8.32. The third kappa shape index (κ3) is 5.99. The molecule has 0 radical (unpaired) electrons.